The monoisotopic (exact) mass is 369 g/mol. The van der Waals surface area contributed by atoms with Crippen LogP contribution in [0.25, 0.3) is 0 Å². The van der Waals surface area contributed by atoms with Gasteiger partial charge in [-0.15, -0.1) is 0 Å². The largest absolute Gasteiger partial charge is 0.496 e. The zero-order valence-corrected chi connectivity index (χ0v) is 15.7. The molecule has 0 aliphatic carbocycles. The smallest absolute Gasteiger partial charge is 0.407 e. The van der Waals surface area contributed by atoms with Gasteiger partial charge in [0.1, 0.15) is 23.0 Å². The summed E-state index contributed by atoms with van der Waals surface area (Å²) in [6.45, 7) is 5.37. The lowest BCUT2D eigenvalue weighted by Crippen LogP contribution is -2.34. The van der Waals surface area contributed by atoms with Crippen molar-refractivity contribution in [3.63, 3.8) is 0 Å². The van der Waals surface area contributed by atoms with Crippen LogP contribution in [0.4, 0.5) is 4.79 Å². The van der Waals surface area contributed by atoms with E-state index in [1.807, 2.05) is 0 Å². The van der Waals surface area contributed by atoms with Crippen LogP contribution in [-0.2, 0) is 9.47 Å². The number of aliphatic hydroxyl groups excluding tert-OH is 2. The van der Waals surface area contributed by atoms with Crippen LogP contribution in [0, 0.1) is 0 Å². The summed E-state index contributed by atoms with van der Waals surface area (Å²) < 4.78 is 14.9. The van der Waals surface area contributed by atoms with E-state index in [4.69, 9.17) is 9.47 Å². The second-order valence-corrected chi connectivity index (χ2v) is 6.68. The zero-order valence-electron chi connectivity index (χ0n) is 15.7. The van der Waals surface area contributed by atoms with Crippen LogP contribution < -0.4 is 10.1 Å². The molecule has 0 fully saturated rings. The van der Waals surface area contributed by atoms with Crippen molar-refractivity contribution in [3.05, 3.63) is 29.3 Å². The number of carbonyl (C=O) groups excluding carboxylic acids is 2. The molecule has 2 atom stereocenters. The first-order chi connectivity index (χ1) is 12.1. The lowest BCUT2D eigenvalue weighted by Gasteiger charge is -2.21. The molecule has 1 rings (SSSR count). The van der Waals surface area contributed by atoms with Gasteiger partial charge in [-0.3, -0.25) is 0 Å². The van der Waals surface area contributed by atoms with Crippen molar-refractivity contribution >= 4 is 12.1 Å². The maximum Gasteiger partial charge on any atom is 0.407 e. The average molecular weight is 369 g/mol. The maximum atomic E-state index is 11.6. The number of hydrogen-bond donors (Lipinski definition) is 3. The van der Waals surface area contributed by atoms with E-state index in [2.05, 4.69) is 10.1 Å². The van der Waals surface area contributed by atoms with Crippen molar-refractivity contribution in [2.45, 2.75) is 45.0 Å². The third kappa shape index (κ3) is 6.53. The number of amides is 1. The highest BCUT2D eigenvalue weighted by molar-refractivity contribution is 5.92. The van der Waals surface area contributed by atoms with Gasteiger partial charge >= 0.3 is 12.1 Å². The highest BCUT2D eigenvalue weighted by Gasteiger charge is 2.22. The molecule has 0 bridgehead atoms. The minimum Gasteiger partial charge on any atom is -0.496 e. The highest BCUT2D eigenvalue weighted by Crippen LogP contribution is 2.27. The van der Waals surface area contributed by atoms with Crippen LogP contribution in [0.3, 0.4) is 0 Å². The fourth-order valence-electron chi connectivity index (χ4n) is 2.19. The summed E-state index contributed by atoms with van der Waals surface area (Å²) in [5.74, 6) is -0.336. The molecule has 8 nitrogen and oxygen atoms in total. The molecule has 1 aromatic rings. The predicted octanol–water partition coefficient (Wildman–Crippen LogP) is 1.79. The summed E-state index contributed by atoms with van der Waals surface area (Å²) in [7, 11) is 2.64. The van der Waals surface area contributed by atoms with Gasteiger partial charge in [-0.05, 0) is 44.9 Å². The third-order valence-corrected chi connectivity index (χ3v) is 3.45. The van der Waals surface area contributed by atoms with Gasteiger partial charge in [0.15, 0.2) is 0 Å². The number of hydrogen-bond acceptors (Lipinski definition) is 7. The fraction of sp³-hybridized carbons (Fsp3) is 0.556. The Morgan fingerprint density at radius 2 is 1.85 bits per heavy atom. The standard InChI is InChI=1S/C18H27NO7/c1-18(2,3)26-17(23)19-9-8-13(20)15(21)11-6-7-12(16(22)25-5)14(10-11)24-4/h6-7,10,13,15,20-21H,8-9H2,1-5H3,(H,19,23). The number of nitrogens with one attached hydrogen (secondary N) is 1. The number of aliphatic hydroxyl groups is 2. The minimum absolute atomic E-state index is 0.113. The van der Waals surface area contributed by atoms with Crippen molar-refractivity contribution < 1.29 is 34.0 Å². The van der Waals surface area contributed by atoms with Crippen LogP contribution in [0.2, 0.25) is 0 Å². The molecule has 3 N–H and O–H groups in total. The molecule has 1 amide bonds. The summed E-state index contributed by atoms with van der Waals surface area (Å²) in [6.07, 6.45) is -2.82. The molecule has 0 saturated carbocycles. The Balaban J connectivity index is 2.66. The normalized spacial score (nSPS) is 13.5. The second kappa shape index (κ2) is 9.40. The molecule has 0 aliphatic heterocycles. The fourth-order valence-corrected chi connectivity index (χ4v) is 2.19. The zero-order chi connectivity index (χ0) is 19.9. The number of ether oxygens (including phenoxy) is 3. The average Bonchev–Trinajstić information content (AvgIpc) is 2.58. The van der Waals surface area contributed by atoms with Crippen molar-refractivity contribution in [2.24, 2.45) is 0 Å². The summed E-state index contributed by atoms with van der Waals surface area (Å²) >= 11 is 0. The quantitative estimate of drug-likeness (QED) is 0.628. The van der Waals surface area contributed by atoms with E-state index in [1.54, 1.807) is 20.8 Å². The van der Waals surface area contributed by atoms with E-state index in [0.717, 1.165) is 0 Å². The molecule has 0 saturated heterocycles. The van der Waals surface area contributed by atoms with Crippen molar-refractivity contribution in [1.29, 1.82) is 0 Å². The summed E-state index contributed by atoms with van der Waals surface area (Å²) in [4.78, 5) is 23.2. The molecular formula is C18H27NO7. The van der Waals surface area contributed by atoms with Crippen molar-refractivity contribution in [2.75, 3.05) is 20.8 Å². The van der Waals surface area contributed by atoms with Gasteiger partial charge in [-0.2, -0.15) is 0 Å². The molecule has 2 unspecified atom stereocenters. The van der Waals surface area contributed by atoms with E-state index in [0.29, 0.717) is 5.56 Å². The summed E-state index contributed by atoms with van der Waals surface area (Å²) in [5, 5.41) is 22.9. The van der Waals surface area contributed by atoms with E-state index in [-0.39, 0.29) is 24.3 Å². The number of benzene rings is 1. The van der Waals surface area contributed by atoms with Gasteiger partial charge in [0, 0.05) is 6.54 Å². The predicted molar refractivity (Wildman–Crippen MR) is 94.2 cm³/mol. The molecule has 0 radical (unpaired) electrons. The topological polar surface area (TPSA) is 114 Å². The Labute approximate surface area is 153 Å². The van der Waals surface area contributed by atoms with E-state index in [1.165, 1.54) is 32.4 Å². The first-order valence-electron chi connectivity index (χ1n) is 8.18. The first kappa shape index (κ1) is 21.7. The van der Waals surface area contributed by atoms with Gasteiger partial charge in [-0.25, -0.2) is 9.59 Å². The van der Waals surface area contributed by atoms with Crippen LogP contribution in [0.1, 0.15) is 49.2 Å². The maximum absolute atomic E-state index is 11.6. The number of carbonyl (C=O) groups is 2. The van der Waals surface area contributed by atoms with Crippen molar-refractivity contribution in [1.82, 2.24) is 5.32 Å². The minimum atomic E-state index is -1.21. The Morgan fingerprint density at radius 1 is 1.19 bits per heavy atom. The van der Waals surface area contributed by atoms with Crippen molar-refractivity contribution in [3.8, 4) is 5.75 Å². The van der Waals surface area contributed by atoms with Gasteiger partial charge in [0.25, 0.3) is 0 Å². The first-order valence-corrected chi connectivity index (χ1v) is 8.18. The third-order valence-electron chi connectivity index (χ3n) is 3.45. The van der Waals surface area contributed by atoms with E-state index >= 15 is 0 Å². The Morgan fingerprint density at radius 3 is 2.38 bits per heavy atom. The molecule has 8 heteroatoms. The molecule has 0 heterocycles. The van der Waals surface area contributed by atoms with Crippen LogP contribution in [-0.4, -0.2) is 54.7 Å². The molecule has 146 valence electrons. The molecule has 1 aromatic carbocycles. The SMILES string of the molecule is COC(=O)c1ccc(C(O)C(O)CCNC(=O)OC(C)(C)C)cc1OC. The Hall–Kier alpha value is -2.32. The van der Waals surface area contributed by atoms with Gasteiger partial charge in [0.05, 0.1) is 20.3 Å². The lowest BCUT2D eigenvalue weighted by atomic mass is 10.00. The lowest BCUT2D eigenvalue weighted by molar-refractivity contribution is 0.0122. The van der Waals surface area contributed by atoms with Crippen LogP contribution in [0.15, 0.2) is 18.2 Å². The molecule has 0 spiro atoms. The van der Waals surface area contributed by atoms with E-state index in [9.17, 15) is 19.8 Å². The number of rotatable bonds is 7. The molecule has 0 aliphatic rings. The Kier molecular flexibility index (Phi) is 7.85. The summed E-state index contributed by atoms with van der Waals surface area (Å²) in [6, 6.07) is 4.42. The Bertz CT molecular complexity index is 624. The molecule has 26 heavy (non-hydrogen) atoms. The molecular weight excluding hydrogens is 342 g/mol. The highest BCUT2D eigenvalue weighted by atomic mass is 16.6. The second-order valence-electron chi connectivity index (χ2n) is 6.68. The van der Waals surface area contributed by atoms with Gasteiger partial charge in [-0.1, -0.05) is 6.07 Å². The number of esters is 1. The number of methoxy groups -OCH3 is 2. The van der Waals surface area contributed by atoms with Crippen LogP contribution in [0.5, 0.6) is 5.75 Å². The van der Waals surface area contributed by atoms with Gasteiger partial charge < -0.3 is 29.7 Å². The van der Waals surface area contributed by atoms with Crippen LogP contribution >= 0.6 is 0 Å². The van der Waals surface area contributed by atoms with E-state index < -0.39 is 29.9 Å². The van der Waals surface area contributed by atoms with Gasteiger partial charge in [0.2, 0.25) is 0 Å². The summed E-state index contributed by atoms with van der Waals surface area (Å²) in [5.41, 5.74) is -0.0218. The number of alkyl carbamates (subject to hydrolysis) is 1. The molecule has 0 aromatic heterocycles.